The smallest absolute Gasteiger partial charge is 0.323 e. The summed E-state index contributed by atoms with van der Waals surface area (Å²) in [5.41, 5.74) is 9.40. The van der Waals surface area contributed by atoms with Crippen LogP contribution in [0.5, 0.6) is 0 Å². The molecule has 0 radical (unpaired) electrons. The van der Waals surface area contributed by atoms with Gasteiger partial charge in [-0.2, -0.15) is 0 Å². The van der Waals surface area contributed by atoms with Gasteiger partial charge in [0.1, 0.15) is 6.04 Å². The molecule has 0 aromatic heterocycles. The molecule has 0 saturated carbocycles. The first-order valence-electron chi connectivity index (χ1n) is 6.40. The normalized spacial score (nSPS) is 12.1. The summed E-state index contributed by atoms with van der Waals surface area (Å²) in [6.07, 6.45) is -0.0256. The topological polar surface area (TPSA) is 69.4 Å². The third-order valence-electron chi connectivity index (χ3n) is 3.14. The highest BCUT2D eigenvalue weighted by molar-refractivity contribution is 6.00. The first-order valence-corrected chi connectivity index (χ1v) is 6.40. The monoisotopic (exact) mass is 263 g/mol. The van der Waals surface area contributed by atoms with E-state index in [1.165, 1.54) is 0 Å². The summed E-state index contributed by atoms with van der Waals surface area (Å²) in [5.74, 6) is -0.654. The fourth-order valence-electron chi connectivity index (χ4n) is 1.90. The molecule has 2 N–H and O–H groups in total. The number of ether oxygens (including phenoxy) is 1. The van der Waals surface area contributed by atoms with Gasteiger partial charge in [-0.25, -0.2) is 0 Å². The summed E-state index contributed by atoms with van der Waals surface area (Å²) in [7, 11) is 0. The highest BCUT2D eigenvalue weighted by atomic mass is 16.5. The van der Waals surface area contributed by atoms with Crippen molar-refractivity contribution >= 4 is 11.8 Å². The number of aryl methyl sites for hydroxylation is 3. The molecule has 0 aliphatic rings. The lowest BCUT2D eigenvalue weighted by Crippen LogP contribution is -2.34. The van der Waals surface area contributed by atoms with Crippen molar-refractivity contribution in [3.8, 4) is 0 Å². The summed E-state index contributed by atoms with van der Waals surface area (Å²) >= 11 is 0. The Morgan fingerprint density at radius 2 is 1.74 bits per heavy atom. The summed E-state index contributed by atoms with van der Waals surface area (Å²) in [6, 6.07) is 2.93. The molecule has 4 nitrogen and oxygen atoms in total. The Kier molecular flexibility index (Phi) is 5.24. The molecule has 1 rings (SSSR count). The van der Waals surface area contributed by atoms with Crippen LogP contribution in [0, 0.1) is 20.8 Å². The number of ketones is 1. The highest BCUT2D eigenvalue weighted by Gasteiger charge is 2.20. The standard InChI is InChI=1S/C15H21NO3/c1-5-19-15(18)13(16)8-14(17)12-7-10(3)9(2)6-11(12)4/h6-7,13H,5,8,16H2,1-4H3. The zero-order chi connectivity index (χ0) is 14.6. The number of hydrogen-bond acceptors (Lipinski definition) is 4. The predicted molar refractivity (Wildman–Crippen MR) is 74.2 cm³/mol. The van der Waals surface area contributed by atoms with Crippen molar-refractivity contribution < 1.29 is 14.3 Å². The Morgan fingerprint density at radius 1 is 1.16 bits per heavy atom. The summed E-state index contributed by atoms with van der Waals surface area (Å²) in [5, 5.41) is 0. The van der Waals surface area contributed by atoms with E-state index in [-0.39, 0.29) is 18.8 Å². The fraction of sp³-hybridized carbons (Fsp3) is 0.467. The van der Waals surface area contributed by atoms with Crippen LogP contribution in [-0.4, -0.2) is 24.4 Å². The van der Waals surface area contributed by atoms with Crippen molar-refractivity contribution in [2.75, 3.05) is 6.61 Å². The molecule has 0 amide bonds. The van der Waals surface area contributed by atoms with E-state index in [2.05, 4.69) is 0 Å². The minimum absolute atomic E-state index is 0.0256. The molecule has 0 fully saturated rings. The van der Waals surface area contributed by atoms with E-state index in [1.807, 2.05) is 32.9 Å². The molecular formula is C15H21NO3. The van der Waals surface area contributed by atoms with E-state index in [0.717, 1.165) is 16.7 Å². The van der Waals surface area contributed by atoms with Gasteiger partial charge in [-0.1, -0.05) is 6.07 Å². The summed E-state index contributed by atoms with van der Waals surface area (Å²) < 4.78 is 4.80. The van der Waals surface area contributed by atoms with Gasteiger partial charge in [-0.3, -0.25) is 9.59 Å². The quantitative estimate of drug-likeness (QED) is 0.652. The molecule has 0 saturated heterocycles. The van der Waals surface area contributed by atoms with Crippen molar-refractivity contribution in [3.05, 3.63) is 34.4 Å². The largest absolute Gasteiger partial charge is 0.465 e. The SMILES string of the molecule is CCOC(=O)C(N)CC(=O)c1cc(C)c(C)cc1C. The first-order chi connectivity index (χ1) is 8.86. The Bertz CT molecular complexity index is 494. The second-order valence-corrected chi connectivity index (χ2v) is 4.74. The minimum Gasteiger partial charge on any atom is -0.465 e. The second-order valence-electron chi connectivity index (χ2n) is 4.74. The van der Waals surface area contributed by atoms with Crippen molar-refractivity contribution in [1.82, 2.24) is 0 Å². The molecule has 0 bridgehead atoms. The fourth-order valence-corrected chi connectivity index (χ4v) is 1.90. The number of Topliss-reactive ketones (excluding diaryl/α,β-unsaturated/α-hetero) is 1. The molecule has 0 heterocycles. The van der Waals surface area contributed by atoms with Crippen LogP contribution in [0.25, 0.3) is 0 Å². The first kappa shape index (κ1) is 15.4. The average molecular weight is 263 g/mol. The molecule has 0 aliphatic carbocycles. The van der Waals surface area contributed by atoms with Crippen LogP contribution < -0.4 is 5.73 Å². The van der Waals surface area contributed by atoms with Gasteiger partial charge in [0.25, 0.3) is 0 Å². The number of esters is 1. The van der Waals surface area contributed by atoms with Crippen molar-refractivity contribution in [3.63, 3.8) is 0 Å². The van der Waals surface area contributed by atoms with E-state index in [0.29, 0.717) is 5.56 Å². The average Bonchev–Trinajstić information content (AvgIpc) is 2.33. The second kappa shape index (κ2) is 6.48. The maximum Gasteiger partial charge on any atom is 0.323 e. The summed E-state index contributed by atoms with van der Waals surface area (Å²) in [6.45, 7) is 7.82. The Balaban J connectivity index is 2.84. The Morgan fingerprint density at radius 3 is 2.32 bits per heavy atom. The molecule has 1 aromatic rings. The zero-order valence-corrected chi connectivity index (χ0v) is 11.9. The lowest BCUT2D eigenvalue weighted by atomic mass is 9.95. The Labute approximate surface area is 113 Å². The molecule has 1 aromatic carbocycles. The summed E-state index contributed by atoms with van der Waals surface area (Å²) in [4.78, 5) is 23.6. The van der Waals surface area contributed by atoms with Gasteiger partial charge in [0.2, 0.25) is 0 Å². The number of carbonyl (C=O) groups excluding carboxylic acids is 2. The van der Waals surface area contributed by atoms with Crippen LogP contribution in [0.1, 0.15) is 40.4 Å². The van der Waals surface area contributed by atoms with E-state index >= 15 is 0 Å². The van der Waals surface area contributed by atoms with Crippen LogP contribution in [0.4, 0.5) is 0 Å². The van der Waals surface area contributed by atoms with E-state index in [1.54, 1.807) is 6.92 Å². The van der Waals surface area contributed by atoms with E-state index in [4.69, 9.17) is 10.5 Å². The van der Waals surface area contributed by atoms with E-state index in [9.17, 15) is 9.59 Å². The number of rotatable bonds is 5. The van der Waals surface area contributed by atoms with Crippen molar-refractivity contribution in [1.29, 1.82) is 0 Å². The molecule has 4 heteroatoms. The van der Waals surface area contributed by atoms with Gasteiger partial charge in [-0.15, -0.1) is 0 Å². The maximum absolute atomic E-state index is 12.2. The number of benzene rings is 1. The van der Waals surface area contributed by atoms with Gasteiger partial charge in [0, 0.05) is 12.0 Å². The predicted octanol–water partition coefficient (Wildman–Crippen LogP) is 2.08. The van der Waals surface area contributed by atoms with Crippen LogP contribution in [0.15, 0.2) is 12.1 Å². The van der Waals surface area contributed by atoms with Gasteiger partial charge in [0.05, 0.1) is 6.61 Å². The van der Waals surface area contributed by atoms with Crippen LogP contribution >= 0.6 is 0 Å². The molecule has 1 unspecified atom stereocenters. The molecule has 104 valence electrons. The number of nitrogens with two attached hydrogens (primary N) is 1. The van der Waals surface area contributed by atoms with Gasteiger partial charge in [0.15, 0.2) is 5.78 Å². The molecule has 0 spiro atoms. The number of carbonyl (C=O) groups is 2. The molecule has 1 atom stereocenters. The lowest BCUT2D eigenvalue weighted by molar-refractivity contribution is -0.144. The third-order valence-corrected chi connectivity index (χ3v) is 3.14. The number of hydrogen-bond donors (Lipinski definition) is 1. The van der Waals surface area contributed by atoms with Crippen molar-refractivity contribution in [2.24, 2.45) is 5.73 Å². The van der Waals surface area contributed by atoms with Crippen LogP contribution in [-0.2, 0) is 9.53 Å². The maximum atomic E-state index is 12.2. The molecule has 0 aliphatic heterocycles. The van der Waals surface area contributed by atoms with Crippen LogP contribution in [0.2, 0.25) is 0 Å². The highest BCUT2D eigenvalue weighted by Crippen LogP contribution is 2.17. The third kappa shape index (κ3) is 3.89. The lowest BCUT2D eigenvalue weighted by Gasteiger charge is -2.12. The van der Waals surface area contributed by atoms with E-state index < -0.39 is 12.0 Å². The van der Waals surface area contributed by atoms with Crippen LogP contribution in [0.3, 0.4) is 0 Å². The molecule has 19 heavy (non-hydrogen) atoms. The van der Waals surface area contributed by atoms with Gasteiger partial charge in [-0.05, 0) is 50.5 Å². The Hall–Kier alpha value is -1.68. The van der Waals surface area contributed by atoms with Crippen molar-refractivity contribution in [2.45, 2.75) is 40.2 Å². The van der Waals surface area contributed by atoms with Gasteiger partial charge < -0.3 is 10.5 Å². The minimum atomic E-state index is -0.895. The molecular weight excluding hydrogens is 242 g/mol. The zero-order valence-electron chi connectivity index (χ0n) is 11.9. The van der Waals surface area contributed by atoms with Gasteiger partial charge >= 0.3 is 5.97 Å².